The summed E-state index contributed by atoms with van der Waals surface area (Å²) in [6.45, 7) is 0.746. The van der Waals surface area contributed by atoms with Crippen molar-refractivity contribution in [3.8, 4) is 0 Å². The Hall–Kier alpha value is -1.79. The Bertz CT molecular complexity index is 324. The van der Waals surface area contributed by atoms with Gasteiger partial charge in [0.05, 0.1) is 5.92 Å². The van der Waals surface area contributed by atoms with Crippen LogP contribution < -0.4 is 5.32 Å². The van der Waals surface area contributed by atoms with E-state index < -0.39 is 11.9 Å². The van der Waals surface area contributed by atoms with Crippen molar-refractivity contribution in [2.45, 2.75) is 6.42 Å². The van der Waals surface area contributed by atoms with Crippen molar-refractivity contribution in [1.82, 2.24) is 15.1 Å². The zero-order valence-electron chi connectivity index (χ0n) is 9.97. The molecule has 0 atom stereocenters. The molecule has 1 fully saturated rings. The molecule has 0 aromatic carbocycles. The third-order valence-electron chi connectivity index (χ3n) is 2.63. The molecule has 1 aliphatic rings. The lowest BCUT2D eigenvalue weighted by Crippen LogP contribution is -2.56. The smallest absolute Gasteiger partial charge is 0.317 e. The molecule has 0 unspecified atom stereocenters. The molecule has 0 aromatic heterocycles. The lowest BCUT2D eigenvalue weighted by atomic mass is 10.0. The maximum atomic E-state index is 11.4. The second kappa shape index (κ2) is 5.51. The lowest BCUT2D eigenvalue weighted by molar-refractivity contribution is -0.146. The molecule has 0 saturated carbocycles. The summed E-state index contributed by atoms with van der Waals surface area (Å²) in [7, 11) is 3.30. The highest BCUT2D eigenvalue weighted by molar-refractivity contribution is 5.80. The van der Waals surface area contributed by atoms with Crippen LogP contribution in [-0.4, -0.2) is 66.5 Å². The first kappa shape index (κ1) is 13.3. The highest BCUT2D eigenvalue weighted by Crippen LogP contribution is 2.14. The number of aliphatic carboxylic acids is 1. The van der Waals surface area contributed by atoms with Gasteiger partial charge in [-0.15, -0.1) is 0 Å². The second-order valence-corrected chi connectivity index (χ2v) is 4.21. The first-order chi connectivity index (χ1) is 7.91. The Morgan fingerprint density at radius 2 is 1.94 bits per heavy atom. The van der Waals surface area contributed by atoms with Gasteiger partial charge in [-0.3, -0.25) is 9.59 Å². The Morgan fingerprint density at radius 1 is 1.35 bits per heavy atom. The van der Waals surface area contributed by atoms with E-state index in [1.54, 1.807) is 14.1 Å². The summed E-state index contributed by atoms with van der Waals surface area (Å²) < 4.78 is 0. The molecule has 1 saturated heterocycles. The van der Waals surface area contributed by atoms with Crippen LogP contribution in [0.1, 0.15) is 6.42 Å². The molecular weight excluding hydrogens is 226 g/mol. The maximum absolute atomic E-state index is 11.4. The number of nitrogens with zero attached hydrogens (tertiary/aromatic N) is 2. The molecule has 0 aliphatic carbocycles. The number of amides is 3. The van der Waals surface area contributed by atoms with E-state index in [1.807, 2.05) is 0 Å². The maximum Gasteiger partial charge on any atom is 0.317 e. The van der Waals surface area contributed by atoms with Crippen molar-refractivity contribution in [1.29, 1.82) is 0 Å². The number of likely N-dealkylation sites (tertiary alicyclic amines) is 1. The summed E-state index contributed by atoms with van der Waals surface area (Å²) in [5, 5.41) is 11.2. The minimum Gasteiger partial charge on any atom is -0.481 e. The van der Waals surface area contributed by atoms with Gasteiger partial charge in [0.25, 0.3) is 0 Å². The third-order valence-corrected chi connectivity index (χ3v) is 2.63. The van der Waals surface area contributed by atoms with E-state index in [9.17, 15) is 14.4 Å². The molecule has 3 amide bonds. The summed E-state index contributed by atoms with van der Waals surface area (Å²) in [5.74, 6) is -1.39. The number of carbonyl (C=O) groups excluding carboxylic acids is 2. The molecule has 0 bridgehead atoms. The SMILES string of the molecule is CN(C)C(=O)CCNC(=O)N1CC(C(=O)O)C1. The summed E-state index contributed by atoms with van der Waals surface area (Å²) >= 11 is 0. The van der Waals surface area contributed by atoms with Crippen molar-refractivity contribution in [2.75, 3.05) is 33.7 Å². The van der Waals surface area contributed by atoms with Gasteiger partial charge in [-0.05, 0) is 0 Å². The molecule has 0 radical (unpaired) electrons. The quantitative estimate of drug-likeness (QED) is 0.675. The highest BCUT2D eigenvalue weighted by atomic mass is 16.4. The van der Waals surface area contributed by atoms with Crippen LogP contribution in [0.5, 0.6) is 0 Å². The molecule has 96 valence electrons. The summed E-state index contributed by atoms with van der Waals surface area (Å²) in [6.07, 6.45) is 0.245. The van der Waals surface area contributed by atoms with Crippen LogP contribution in [0.4, 0.5) is 4.79 Å². The van der Waals surface area contributed by atoms with E-state index in [0.717, 1.165) is 0 Å². The Labute approximate surface area is 99.4 Å². The van der Waals surface area contributed by atoms with Gasteiger partial charge in [-0.1, -0.05) is 0 Å². The van der Waals surface area contributed by atoms with Crippen LogP contribution in [0.3, 0.4) is 0 Å². The van der Waals surface area contributed by atoms with Gasteiger partial charge in [-0.25, -0.2) is 4.79 Å². The Kier molecular flexibility index (Phi) is 4.30. The zero-order valence-corrected chi connectivity index (χ0v) is 9.97. The summed E-state index contributed by atoms with van der Waals surface area (Å²) in [6, 6.07) is -0.311. The minimum atomic E-state index is -0.878. The number of carboxylic acids is 1. The summed E-state index contributed by atoms with van der Waals surface area (Å²) in [5.41, 5.74) is 0. The highest BCUT2D eigenvalue weighted by Gasteiger charge is 2.35. The fourth-order valence-corrected chi connectivity index (χ4v) is 1.41. The van der Waals surface area contributed by atoms with E-state index in [4.69, 9.17) is 5.11 Å². The van der Waals surface area contributed by atoms with Crippen LogP contribution in [0.15, 0.2) is 0 Å². The lowest BCUT2D eigenvalue weighted by Gasteiger charge is -2.36. The second-order valence-electron chi connectivity index (χ2n) is 4.21. The van der Waals surface area contributed by atoms with Crippen molar-refractivity contribution in [2.24, 2.45) is 5.92 Å². The van der Waals surface area contributed by atoms with Gasteiger partial charge in [0.15, 0.2) is 0 Å². The fourth-order valence-electron chi connectivity index (χ4n) is 1.41. The first-order valence-electron chi connectivity index (χ1n) is 5.37. The van der Waals surface area contributed by atoms with Gasteiger partial charge in [-0.2, -0.15) is 0 Å². The largest absolute Gasteiger partial charge is 0.481 e. The van der Waals surface area contributed by atoms with Crippen molar-refractivity contribution in [3.05, 3.63) is 0 Å². The van der Waals surface area contributed by atoms with Gasteiger partial charge >= 0.3 is 12.0 Å². The molecule has 0 aromatic rings. The van der Waals surface area contributed by atoms with E-state index in [-0.39, 0.29) is 38.0 Å². The average molecular weight is 243 g/mol. The Morgan fingerprint density at radius 3 is 2.41 bits per heavy atom. The molecule has 0 spiro atoms. The normalized spacial score (nSPS) is 15.1. The fraction of sp³-hybridized carbons (Fsp3) is 0.700. The number of rotatable bonds is 4. The average Bonchev–Trinajstić information content (AvgIpc) is 2.14. The Balaban J connectivity index is 2.15. The van der Waals surface area contributed by atoms with Gasteiger partial charge in [0, 0.05) is 40.2 Å². The first-order valence-corrected chi connectivity index (χ1v) is 5.37. The predicted octanol–water partition coefficient (Wildman–Crippen LogP) is -0.809. The van der Waals surface area contributed by atoms with Crippen LogP contribution in [0.2, 0.25) is 0 Å². The van der Waals surface area contributed by atoms with Crippen LogP contribution in [0, 0.1) is 5.92 Å². The number of nitrogens with one attached hydrogen (secondary N) is 1. The zero-order chi connectivity index (χ0) is 13.0. The van der Waals surface area contributed by atoms with Crippen molar-refractivity contribution >= 4 is 17.9 Å². The van der Waals surface area contributed by atoms with Gasteiger partial charge < -0.3 is 20.2 Å². The van der Waals surface area contributed by atoms with Crippen LogP contribution in [-0.2, 0) is 9.59 Å². The monoisotopic (exact) mass is 243 g/mol. The number of urea groups is 1. The minimum absolute atomic E-state index is 0.0580. The number of carboxylic acid groups (broad SMARTS) is 1. The molecule has 7 nitrogen and oxygen atoms in total. The number of hydrogen-bond acceptors (Lipinski definition) is 3. The molecule has 1 rings (SSSR count). The van der Waals surface area contributed by atoms with E-state index >= 15 is 0 Å². The van der Waals surface area contributed by atoms with E-state index in [1.165, 1.54) is 9.80 Å². The molecule has 7 heteroatoms. The van der Waals surface area contributed by atoms with Crippen LogP contribution in [0.25, 0.3) is 0 Å². The van der Waals surface area contributed by atoms with Gasteiger partial charge in [0.1, 0.15) is 0 Å². The third kappa shape index (κ3) is 3.61. The van der Waals surface area contributed by atoms with Gasteiger partial charge in [0.2, 0.25) is 5.91 Å². The topological polar surface area (TPSA) is 90.0 Å². The van der Waals surface area contributed by atoms with E-state index in [0.29, 0.717) is 0 Å². The van der Waals surface area contributed by atoms with Crippen molar-refractivity contribution < 1.29 is 19.5 Å². The molecule has 1 heterocycles. The molecule has 17 heavy (non-hydrogen) atoms. The molecular formula is C10H17N3O4. The molecule has 2 N–H and O–H groups in total. The standard InChI is InChI=1S/C10H17N3O4/c1-12(2)8(14)3-4-11-10(17)13-5-7(6-13)9(15)16/h7H,3-6H2,1-2H3,(H,11,17)(H,15,16). The predicted molar refractivity (Wildman–Crippen MR) is 59.4 cm³/mol. The molecule has 1 aliphatic heterocycles. The van der Waals surface area contributed by atoms with Crippen LogP contribution >= 0.6 is 0 Å². The van der Waals surface area contributed by atoms with E-state index in [2.05, 4.69) is 5.32 Å². The number of hydrogen-bond donors (Lipinski definition) is 2. The van der Waals surface area contributed by atoms with Crippen molar-refractivity contribution in [3.63, 3.8) is 0 Å². The number of carbonyl (C=O) groups is 3. The summed E-state index contributed by atoms with van der Waals surface area (Å²) in [4.78, 5) is 36.0.